The summed E-state index contributed by atoms with van der Waals surface area (Å²) >= 11 is 6.19. The quantitative estimate of drug-likeness (QED) is 0.517. The van der Waals surface area contributed by atoms with Crippen LogP contribution >= 0.6 is 11.6 Å². The van der Waals surface area contributed by atoms with E-state index < -0.39 is 0 Å². The van der Waals surface area contributed by atoms with Gasteiger partial charge in [0.1, 0.15) is 18.1 Å². The van der Waals surface area contributed by atoms with Crippen molar-refractivity contribution in [3.8, 4) is 11.5 Å². The number of amides is 1. The number of hydrogen-bond donors (Lipinski definition) is 0. The molecule has 0 atom stereocenters. The molecule has 0 unspecified atom stereocenters. The van der Waals surface area contributed by atoms with Gasteiger partial charge in [0.05, 0.1) is 7.11 Å². The molecule has 32 heavy (non-hydrogen) atoms. The van der Waals surface area contributed by atoms with E-state index in [0.717, 1.165) is 35.1 Å². The van der Waals surface area contributed by atoms with Gasteiger partial charge in [0, 0.05) is 48.0 Å². The summed E-state index contributed by atoms with van der Waals surface area (Å²) < 4.78 is 11.4. The lowest BCUT2D eigenvalue weighted by Gasteiger charge is -2.37. The van der Waals surface area contributed by atoms with Crippen LogP contribution in [0.25, 0.3) is 0 Å². The Balaban J connectivity index is 1.43. The summed E-state index contributed by atoms with van der Waals surface area (Å²) in [6.07, 6.45) is 0. The molecular weight excluding hydrogens is 424 g/mol. The summed E-state index contributed by atoms with van der Waals surface area (Å²) in [7, 11) is 1.62. The maximum Gasteiger partial charge on any atom is 0.253 e. The van der Waals surface area contributed by atoms with Crippen molar-refractivity contribution in [2.45, 2.75) is 13.5 Å². The lowest BCUT2D eigenvalue weighted by molar-refractivity contribution is 0.0746. The Bertz CT molecular complexity index is 1080. The zero-order chi connectivity index (χ0) is 22.5. The van der Waals surface area contributed by atoms with Crippen molar-refractivity contribution in [2.24, 2.45) is 0 Å². The smallest absolute Gasteiger partial charge is 0.253 e. The number of halogens is 1. The van der Waals surface area contributed by atoms with Crippen LogP contribution in [0.2, 0.25) is 5.02 Å². The summed E-state index contributed by atoms with van der Waals surface area (Å²) in [5.74, 6) is 1.51. The van der Waals surface area contributed by atoms with Crippen LogP contribution in [0, 0.1) is 6.92 Å². The maximum absolute atomic E-state index is 13.2. The SMILES string of the molecule is COc1ccc(C(=O)N2CCN(c3cc(Cl)ccc3C)CC2)cc1COc1ccccc1. The number of piperazine rings is 1. The fourth-order valence-electron chi connectivity index (χ4n) is 3.96. The Morgan fingerprint density at radius 1 is 0.969 bits per heavy atom. The number of para-hydroxylation sites is 1. The highest BCUT2D eigenvalue weighted by Crippen LogP contribution is 2.27. The molecule has 6 heteroatoms. The second kappa shape index (κ2) is 9.96. The number of nitrogens with zero attached hydrogens (tertiary/aromatic N) is 2. The molecule has 0 radical (unpaired) electrons. The second-order valence-corrected chi connectivity index (χ2v) is 8.27. The molecule has 0 aromatic heterocycles. The minimum absolute atomic E-state index is 0.0241. The second-order valence-electron chi connectivity index (χ2n) is 7.84. The molecule has 1 saturated heterocycles. The van der Waals surface area contributed by atoms with E-state index in [-0.39, 0.29) is 5.91 Å². The molecule has 0 saturated carbocycles. The van der Waals surface area contributed by atoms with Gasteiger partial charge >= 0.3 is 0 Å². The van der Waals surface area contributed by atoms with Crippen LogP contribution in [-0.4, -0.2) is 44.1 Å². The molecule has 1 amide bonds. The zero-order valence-corrected chi connectivity index (χ0v) is 19.1. The van der Waals surface area contributed by atoms with Gasteiger partial charge in [-0.25, -0.2) is 0 Å². The van der Waals surface area contributed by atoms with E-state index in [2.05, 4.69) is 11.8 Å². The van der Waals surface area contributed by atoms with Gasteiger partial charge in [-0.3, -0.25) is 4.79 Å². The van der Waals surface area contributed by atoms with Gasteiger partial charge in [-0.1, -0.05) is 35.9 Å². The van der Waals surface area contributed by atoms with Crippen LogP contribution in [0.1, 0.15) is 21.5 Å². The number of hydrogen-bond acceptors (Lipinski definition) is 4. The summed E-state index contributed by atoms with van der Waals surface area (Å²) in [5, 5.41) is 0.729. The van der Waals surface area contributed by atoms with E-state index in [4.69, 9.17) is 21.1 Å². The van der Waals surface area contributed by atoms with Crippen LogP contribution < -0.4 is 14.4 Å². The van der Waals surface area contributed by atoms with E-state index >= 15 is 0 Å². The van der Waals surface area contributed by atoms with Gasteiger partial charge in [-0.15, -0.1) is 0 Å². The van der Waals surface area contributed by atoms with Crippen molar-refractivity contribution in [1.82, 2.24) is 4.90 Å². The molecule has 166 valence electrons. The van der Waals surface area contributed by atoms with Crippen LogP contribution in [0.3, 0.4) is 0 Å². The maximum atomic E-state index is 13.2. The molecule has 0 N–H and O–H groups in total. The number of benzene rings is 3. The summed E-state index contributed by atoms with van der Waals surface area (Å²) in [5.41, 5.74) is 3.81. The van der Waals surface area contributed by atoms with Crippen molar-refractivity contribution in [3.63, 3.8) is 0 Å². The first kappa shape index (κ1) is 22.0. The average Bonchev–Trinajstić information content (AvgIpc) is 2.84. The molecule has 1 fully saturated rings. The van der Waals surface area contributed by atoms with E-state index in [1.807, 2.05) is 71.6 Å². The van der Waals surface area contributed by atoms with Crippen molar-refractivity contribution in [1.29, 1.82) is 0 Å². The Labute approximate surface area is 194 Å². The molecule has 1 heterocycles. The average molecular weight is 451 g/mol. The van der Waals surface area contributed by atoms with Gasteiger partial charge in [0.2, 0.25) is 0 Å². The molecule has 4 rings (SSSR count). The number of rotatable bonds is 6. The Hall–Kier alpha value is -3.18. The van der Waals surface area contributed by atoms with Gasteiger partial charge in [-0.2, -0.15) is 0 Å². The predicted molar refractivity (Wildman–Crippen MR) is 128 cm³/mol. The Kier molecular flexibility index (Phi) is 6.86. The third kappa shape index (κ3) is 5.00. The van der Waals surface area contributed by atoms with Gasteiger partial charge < -0.3 is 19.3 Å². The molecule has 3 aromatic carbocycles. The van der Waals surface area contributed by atoms with Gasteiger partial charge in [-0.05, 0) is 55.0 Å². The van der Waals surface area contributed by atoms with Crippen molar-refractivity contribution < 1.29 is 14.3 Å². The van der Waals surface area contributed by atoms with Crippen LogP contribution in [0.4, 0.5) is 5.69 Å². The highest BCUT2D eigenvalue weighted by atomic mass is 35.5. The zero-order valence-electron chi connectivity index (χ0n) is 18.4. The van der Waals surface area contributed by atoms with E-state index in [9.17, 15) is 4.79 Å². The van der Waals surface area contributed by atoms with Gasteiger partial charge in [0.15, 0.2) is 0 Å². The third-order valence-electron chi connectivity index (χ3n) is 5.74. The fourth-order valence-corrected chi connectivity index (χ4v) is 4.12. The van der Waals surface area contributed by atoms with Crippen LogP contribution in [0.15, 0.2) is 66.7 Å². The lowest BCUT2D eigenvalue weighted by atomic mass is 10.1. The van der Waals surface area contributed by atoms with E-state index in [0.29, 0.717) is 31.0 Å². The number of aryl methyl sites for hydroxylation is 1. The topological polar surface area (TPSA) is 42.0 Å². The number of anilines is 1. The molecule has 5 nitrogen and oxygen atoms in total. The molecule has 1 aliphatic heterocycles. The minimum Gasteiger partial charge on any atom is -0.496 e. The Morgan fingerprint density at radius 3 is 2.44 bits per heavy atom. The monoisotopic (exact) mass is 450 g/mol. The largest absolute Gasteiger partial charge is 0.496 e. The number of ether oxygens (including phenoxy) is 2. The summed E-state index contributed by atoms with van der Waals surface area (Å²) in [6.45, 7) is 5.27. The summed E-state index contributed by atoms with van der Waals surface area (Å²) in [4.78, 5) is 17.4. The fraction of sp³-hybridized carbons (Fsp3) is 0.269. The van der Waals surface area contributed by atoms with Crippen LogP contribution in [-0.2, 0) is 6.61 Å². The lowest BCUT2D eigenvalue weighted by Crippen LogP contribution is -2.49. The number of methoxy groups -OCH3 is 1. The number of carbonyl (C=O) groups is 1. The first-order valence-corrected chi connectivity index (χ1v) is 11.1. The summed E-state index contributed by atoms with van der Waals surface area (Å²) in [6, 6.07) is 21.1. The first-order chi connectivity index (χ1) is 15.5. The van der Waals surface area contributed by atoms with Crippen molar-refractivity contribution >= 4 is 23.2 Å². The molecule has 0 bridgehead atoms. The predicted octanol–water partition coefficient (Wildman–Crippen LogP) is 5.20. The van der Waals surface area contributed by atoms with E-state index in [1.165, 1.54) is 5.56 Å². The Morgan fingerprint density at radius 2 is 1.72 bits per heavy atom. The van der Waals surface area contributed by atoms with Crippen LogP contribution in [0.5, 0.6) is 11.5 Å². The number of carbonyl (C=O) groups excluding carboxylic acids is 1. The highest BCUT2D eigenvalue weighted by molar-refractivity contribution is 6.30. The normalized spacial score (nSPS) is 13.7. The van der Waals surface area contributed by atoms with Gasteiger partial charge in [0.25, 0.3) is 5.91 Å². The molecule has 3 aromatic rings. The van der Waals surface area contributed by atoms with Crippen molar-refractivity contribution in [2.75, 3.05) is 38.2 Å². The molecular formula is C26H27ClN2O3. The first-order valence-electron chi connectivity index (χ1n) is 10.7. The third-order valence-corrected chi connectivity index (χ3v) is 5.98. The molecule has 0 spiro atoms. The minimum atomic E-state index is 0.0241. The highest BCUT2D eigenvalue weighted by Gasteiger charge is 2.24. The standard InChI is InChI=1S/C26H27ClN2O3/c1-19-8-10-22(27)17-24(19)28-12-14-29(15-13-28)26(30)20-9-11-25(31-2)21(16-20)18-32-23-6-4-3-5-7-23/h3-11,16-17H,12-15,18H2,1-2H3. The molecule has 1 aliphatic rings. The van der Waals surface area contributed by atoms with E-state index in [1.54, 1.807) is 7.11 Å². The molecule has 0 aliphatic carbocycles. The van der Waals surface area contributed by atoms with Crippen molar-refractivity contribution in [3.05, 3.63) is 88.4 Å².